The Hall–Kier alpha value is -0.190. The van der Waals surface area contributed by atoms with Crippen molar-refractivity contribution in [3.05, 3.63) is 6.61 Å². The van der Waals surface area contributed by atoms with E-state index in [4.69, 9.17) is 19.5 Å². The van der Waals surface area contributed by atoms with E-state index >= 15 is 0 Å². The van der Waals surface area contributed by atoms with Crippen molar-refractivity contribution in [1.29, 1.82) is 0 Å². The maximum atomic E-state index is 10.2. The second-order valence-corrected chi connectivity index (χ2v) is 9.24. The smallest absolute Gasteiger partial charge is 0.552 e. The Balaban J connectivity index is -0.000000561. The Kier molecular flexibility index (Phi) is 28.9. The molecule has 0 aliphatic heterocycles. The largest absolute Gasteiger partial charge is 1.00 e. The number of carboxylic acid groups (broad SMARTS) is 2. The van der Waals surface area contributed by atoms with Crippen molar-refractivity contribution in [3.63, 3.8) is 0 Å². The SMILES string of the molecule is C[CH-]OCCCCCCCCCCCCCCCC.O=C(O)CC(C(=O)O)S(=O)(=O)O.[Na+]. The summed E-state index contributed by atoms with van der Waals surface area (Å²) in [5.41, 5.74) is 0. The first-order chi connectivity index (χ1) is 14.7. The van der Waals surface area contributed by atoms with E-state index in [2.05, 4.69) is 6.92 Å². The van der Waals surface area contributed by atoms with Gasteiger partial charge in [-0.2, -0.15) is 15.3 Å². The van der Waals surface area contributed by atoms with Gasteiger partial charge in [0.1, 0.15) is 0 Å². The monoisotopic (exact) mass is 490 g/mol. The zero-order valence-electron chi connectivity index (χ0n) is 20.3. The first kappa shape index (κ1) is 36.4. The molecule has 0 spiro atoms. The molecular formula is C22H43NaO8S. The van der Waals surface area contributed by atoms with E-state index in [0.29, 0.717) is 0 Å². The predicted octanol–water partition coefficient (Wildman–Crippen LogP) is 2.47. The maximum Gasteiger partial charge on any atom is 1.00 e. The normalized spacial score (nSPS) is 11.7. The van der Waals surface area contributed by atoms with Crippen LogP contribution in [0.4, 0.5) is 0 Å². The van der Waals surface area contributed by atoms with E-state index in [0.717, 1.165) is 6.61 Å². The standard InChI is InChI=1S/C18H37O.C4H6O7S.Na/c1-3-5-6-7-8-9-10-11-12-13-14-15-16-17-18-19-4-2;5-3(6)1-2(4(7)8)12(9,10)11;/h4H,3,5-18H2,1-2H3;2H,1H2,(H,5,6)(H,7,8)(H,9,10,11);/q-1;;+1. The average Bonchev–Trinajstić information content (AvgIpc) is 2.68. The van der Waals surface area contributed by atoms with Gasteiger partial charge in [0.2, 0.25) is 0 Å². The molecule has 186 valence electrons. The average molecular weight is 491 g/mol. The van der Waals surface area contributed by atoms with Crippen LogP contribution in [0.2, 0.25) is 0 Å². The number of rotatable bonds is 20. The third-order valence-corrected chi connectivity index (χ3v) is 5.86. The summed E-state index contributed by atoms with van der Waals surface area (Å²) in [6, 6.07) is 0. The maximum absolute atomic E-state index is 10.2. The molecule has 0 rings (SSSR count). The van der Waals surface area contributed by atoms with E-state index in [1.54, 1.807) is 6.61 Å². The van der Waals surface area contributed by atoms with Crippen molar-refractivity contribution >= 4 is 22.1 Å². The number of carboxylic acids is 2. The van der Waals surface area contributed by atoms with Gasteiger partial charge in [0.25, 0.3) is 10.1 Å². The van der Waals surface area contributed by atoms with Crippen molar-refractivity contribution in [2.75, 3.05) is 6.61 Å². The summed E-state index contributed by atoms with van der Waals surface area (Å²) in [6.07, 6.45) is 18.7. The van der Waals surface area contributed by atoms with Crippen LogP contribution in [0, 0.1) is 6.61 Å². The minimum atomic E-state index is -4.84. The van der Waals surface area contributed by atoms with Crippen LogP contribution in [0.15, 0.2) is 0 Å². The second kappa shape index (κ2) is 25.4. The van der Waals surface area contributed by atoms with Crippen LogP contribution in [0.1, 0.15) is 110 Å². The summed E-state index contributed by atoms with van der Waals surface area (Å²) in [5, 5.41) is 13.9. The predicted molar refractivity (Wildman–Crippen MR) is 121 cm³/mol. The molecule has 0 amide bonds. The molecule has 10 heteroatoms. The van der Waals surface area contributed by atoms with Crippen LogP contribution in [0.5, 0.6) is 0 Å². The van der Waals surface area contributed by atoms with Gasteiger partial charge in [-0.05, 0) is 6.42 Å². The van der Waals surface area contributed by atoms with Crippen molar-refractivity contribution in [3.8, 4) is 0 Å². The van der Waals surface area contributed by atoms with Crippen molar-refractivity contribution in [1.82, 2.24) is 0 Å². The van der Waals surface area contributed by atoms with E-state index < -0.39 is 33.7 Å². The molecule has 0 heterocycles. The molecule has 1 unspecified atom stereocenters. The van der Waals surface area contributed by atoms with Crippen LogP contribution in [0.25, 0.3) is 0 Å². The first-order valence-corrected chi connectivity index (χ1v) is 13.0. The molecule has 8 nitrogen and oxygen atoms in total. The van der Waals surface area contributed by atoms with E-state index in [1.165, 1.54) is 89.9 Å². The van der Waals surface area contributed by atoms with E-state index in [1.807, 2.05) is 6.92 Å². The van der Waals surface area contributed by atoms with Gasteiger partial charge in [-0.15, -0.1) is 0 Å². The van der Waals surface area contributed by atoms with E-state index in [9.17, 15) is 18.0 Å². The zero-order valence-corrected chi connectivity index (χ0v) is 23.1. The van der Waals surface area contributed by atoms with Crippen LogP contribution < -0.4 is 29.6 Å². The molecule has 3 N–H and O–H groups in total. The van der Waals surface area contributed by atoms with Crippen LogP contribution in [-0.4, -0.2) is 47.0 Å². The number of unbranched alkanes of at least 4 members (excludes halogenated alkanes) is 13. The molecule has 0 radical (unpaired) electrons. The minimum absolute atomic E-state index is 0. The van der Waals surface area contributed by atoms with Gasteiger partial charge in [0.05, 0.1) is 6.42 Å². The quantitative estimate of drug-likeness (QED) is 0.102. The molecule has 32 heavy (non-hydrogen) atoms. The Labute approximate surface area is 216 Å². The Morgan fingerprint density at radius 1 is 0.812 bits per heavy atom. The fourth-order valence-electron chi connectivity index (χ4n) is 2.98. The third-order valence-electron chi connectivity index (χ3n) is 4.78. The summed E-state index contributed by atoms with van der Waals surface area (Å²) in [6.45, 7) is 6.94. The number of hydrogen-bond donors (Lipinski definition) is 3. The molecule has 1 atom stereocenters. The molecule has 0 aliphatic carbocycles. The van der Waals surface area contributed by atoms with Gasteiger partial charge in [0.15, 0.2) is 5.25 Å². The summed E-state index contributed by atoms with van der Waals surface area (Å²) in [7, 11) is -4.84. The molecule has 0 bridgehead atoms. The second-order valence-electron chi connectivity index (χ2n) is 7.64. The molecule has 0 saturated heterocycles. The molecular weight excluding hydrogens is 447 g/mol. The summed E-state index contributed by atoms with van der Waals surface area (Å²) >= 11 is 0. The summed E-state index contributed by atoms with van der Waals surface area (Å²) in [5.74, 6) is -3.50. The topological polar surface area (TPSA) is 138 Å². The van der Waals surface area contributed by atoms with Crippen LogP contribution >= 0.6 is 0 Å². The van der Waals surface area contributed by atoms with Crippen LogP contribution in [-0.2, 0) is 24.4 Å². The van der Waals surface area contributed by atoms with Crippen molar-refractivity contribution < 1.29 is 67.1 Å². The number of hydrogen-bond acceptors (Lipinski definition) is 5. The molecule has 0 aromatic rings. The van der Waals surface area contributed by atoms with Gasteiger partial charge in [-0.3, -0.25) is 14.1 Å². The summed E-state index contributed by atoms with van der Waals surface area (Å²) < 4.78 is 33.9. The van der Waals surface area contributed by atoms with Gasteiger partial charge in [-0.25, -0.2) is 6.61 Å². The fraction of sp³-hybridized carbons (Fsp3) is 0.864. The van der Waals surface area contributed by atoms with Crippen LogP contribution in [0.3, 0.4) is 0 Å². The van der Waals surface area contributed by atoms with Gasteiger partial charge >= 0.3 is 41.5 Å². The Morgan fingerprint density at radius 2 is 1.19 bits per heavy atom. The summed E-state index contributed by atoms with van der Waals surface area (Å²) in [4.78, 5) is 20.0. The molecule has 0 aromatic carbocycles. The van der Waals surface area contributed by atoms with Crippen molar-refractivity contribution in [2.24, 2.45) is 0 Å². The van der Waals surface area contributed by atoms with Crippen molar-refractivity contribution in [2.45, 2.75) is 115 Å². The van der Waals surface area contributed by atoms with Gasteiger partial charge < -0.3 is 14.9 Å². The van der Waals surface area contributed by atoms with E-state index in [-0.39, 0.29) is 29.6 Å². The molecule has 0 aliphatic rings. The number of ether oxygens (including phenoxy) is 1. The first-order valence-electron chi connectivity index (χ1n) is 11.5. The fourth-order valence-corrected chi connectivity index (χ4v) is 3.58. The Bertz CT molecular complexity index is 524. The zero-order chi connectivity index (χ0) is 24.0. The molecule has 0 saturated carbocycles. The number of aliphatic carboxylic acids is 2. The van der Waals surface area contributed by atoms with Gasteiger partial charge in [-0.1, -0.05) is 90.4 Å². The third kappa shape index (κ3) is 27.8. The van der Waals surface area contributed by atoms with Gasteiger partial charge in [0, 0.05) is 6.61 Å². The number of carbonyl (C=O) groups is 2. The Morgan fingerprint density at radius 3 is 1.44 bits per heavy atom. The molecule has 0 fully saturated rings. The molecule has 0 aromatic heterocycles. The minimum Gasteiger partial charge on any atom is -0.552 e.